The van der Waals surface area contributed by atoms with Crippen molar-refractivity contribution in [1.82, 2.24) is 10.3 Å². The van der Waals surface area contributed by atoms with E-state index in [4.69, 9.17) is 4.74 Å². The largest absolute Gasteiger partial charge is 0.468 e. The van der Waals surface area contributed by atoms with Crippen molar-refractivity contribution >= 4 is 29.1 Å². The second kappa shape index (κ2) is 5.42. The molecule has 0 saturated heterocycles. The molecule has 2 aliphatic rings. The fourth-order valence-corrected chi connectivity index (χ4v) is 4.27. The molecule has 1 atom stereocenters. The molecule has 0 amide bonds. The molecule has 4 nitrogen and oxygen atoms in total. The number of carbonyl (C=O) groups excluding carboxylic acids is 1. The number of ether oxygens (including phenoxy) is 1. The summed E-state index contributed by atoms with van der Waals surface area (Å²) in [6, 6.07) is 0.497. The van der Waals surface area contributed by atoms with Gasteiger partial charge in [0.25, 0.3) is 0 Å². The summed E-state index contributed by atoms with van der Waals surface area (Å²) >= 11 is 3.28. The van der Waals surface area contributed by atoms with Gasteiger partial charge >= 0.3 is 5.97 Å². The lowest BCUT2D eigenvalue weighted by Crippen LogP contribution is -2.57. The summed E-state index contributed by atoms with van der Waals surface area (Å²) in [6.45, 7) is 0. The average molecular weight is 298 g/mol. The maximum atomic E-state index is 12.3. The van der Waals surface area contributed by atoms with Crippen LogP contribution in [0.1, 0.15) is 25.7 Å². The van der Waals surface area contributed by atoms with Crippen molar-refractivity contribution in [3.63, 3.8) is 0 Å². The van der Waals surface area contributed by atoms with Crippen LogP contribution >= 0.6 is 23.1 Å². The Labute approximate surface area is 121 Å². The Morgan fingerprint density at radius 2 is 2.37 bits per heavy atom. The van der Waals surface area contributed by atoms with Gasteiger partial charge in [0.15, 0.2) is 0 Å². The lowest BCUT2D eigenvalue weighted by molar-refractivity contribution is -0.148. The van der Waals surface area contributed by atoms with Crippen LogP contribution in [-0.4, -0.2) is 35.4 Å². The highest BCUT2D eigenvalue weighted by molar-refractivity contribution is 8.01. The summed E-state index contributed by atoms with van der Waals surface area (Å²) in [6.07, 6.45) is 6.39. The van der Waals surface area contributed by atoms with Crippen LogP contribution in [-0.2, 0) is 9.53 Å². The van der Waals surface area contributed by atoms with Crippen LogP contribution in [0.4, 0.5) is 0 Å². The van der Waals surface area contributed by atoms with Gasteiger partial charge in [-0.15, -0.1) is 11.3 Å². The third-order valence-corrected chi connectivity index (χ3v) is 5.86. The number of rotatable bonds is 7. The quantitative estimate of drug-likeness (QED) is 0.618. The van der Waals surface area contributed by atoms with Crippen LogP contribution in [0.3, 0.4) is 0 Å². The van der Waals surface area contributed by atoms with Crippen molar-refractivity contribution < 1.29 is 9.53 Å². The van der Waals surface area contributed by atoms with Crippen molar-refractivity contribution in [3.8, 4) is 0 Å². The van der Waals surface area contributed by atoms with E-state index >= 15 is 0 Å². The number of thiazole rings is 1. The number of esters is 1. The zero-order valence-corrected chi connectivity index (χ0v) is 12.6. The van der Waals surface area contributed by atoms with E-state index in [0.717, 1.165) is 17.2 Å². The minimum atomic E-state index is -0.508. The van der Waals surface area contributed by atoms with Gasteiger partial charge in [-0.3, -0.25) is 10.1 Å². The third kappa shape index (κ3) is 2.95. The summed E-state index contributed by atoms with van der Waals surface area (Å²) in [4.78, 5) is 16.6. The minimum Gasteiger partial charge on any atom is -0.468 e. The maximum absolute atomic E-state index is 12.3. The van der Waals surface area contributed by atoms with Crippen molar-refractivity contribution in [3.05, 3.63) is 11.6 Å². The molecule has 3 rings (SSSR count). The number of thioether (sulfide) groups is 1. The maximum Gasteiger partial charge on any atom is 0.327 e. The van der Waals surface area contributed by atoms with Crippen molar-refractivity contribution in [2.45, 2.75) is 41.6 Å². The molecule has 2 saturated carbocycles. The normalized spacial score (nSPS) is 21.9. The van der Waals surface area contributed by atoms with Crippen LogP contribution < -0.4 is 5.32 Å². The molecule has 2 fully saturated rings. The summed E-state index contributed by atoms with van der Waals surface area (Å²) < 4.78 is 6.10. The molecule has 0 aliphatic heterocycles. The molecule has 0 radical (unpaired) electrons. The predicted octanol–water partition coefficient (Wildman–Crippen LogP) is 2.31. The Balaban J connectivity index is 1.74. The molecule has 0 bridgehead atoms. The highest BCUT2D eigenvalue weighted by atomic mass is 32.2. The standard InChI is InChI=1S/C13H18N2O2S2/c1-17-11(16)13(9-2-3-9,15-10-4-5-10)8-19-12-14-6-7-18-12/h6-7,9-10,15H,2-5,8H2,1H3. The lowest BCUT2D eigenvalue weighted by atomic mass is 9.95. The molecule has 6 heteroatoms. The van der Waals surface area contributed by atoms with E-state index in [1.807, 2.05) is 5.38 Å². The first kappa shape index (κ1) is 13.4. The van der Waals surface area contributed by atoms with E-state index in [-0.39, 0.29) is 5.97 Å². The molecular formula is C13H18N2O2S2. The van der Waals surface area contributed by atoms with Crippen molar-refractivity contribution in [2.75, 3.05) is 12.9 Å². The lowest BCUT2D eigenvalue weighted by Gasteiger charge is -2.32. The molecule has 0 aromatic carbocycles. The molecule has 104 valence electrons. The third-order valence-electron chi connectivity index (χ3n) is 3.70. The predicted molar refractivity (Wildman–Crippen MR) is 76.5 cm³/mol. The SMILES string of the molecule is COC(=O)C(CSc1nccs1)(NC1CC1)C1CC1. The van der Waals surface area contributed by atoms with E-state index in [2.05, 4.69) is 10.3 Å². The fourth-order valence-electron chi connectivity index (χ4n) is 2.37. The van der Waals surface area contributed by atoms with E-state index in [0.29, 0.717) is 17.7 Å². The van der Waals surface area contributed by atoms with Gasteiger partial charge in [-0.2, -0.15) is 0 Å². The first-order valence-corrected chi connectivity index (χ1v) is 8.49. The smallest absolute Gasteiger partial charge is 0.327 e. The zero-order valence-electron chi connectivity index (χ0n) is 10.9. The molecule has 1 heterocycles. The van der Waals surface area contributed by atoms with Gasteiger partial charge in [-0.25, -0.2) is 4.98 Å². The van der Waals surface area contributed by atoms with E-state index < -0.39 is 5.54 Å². The number of nitrogens with zero attached hydrogens (tertiary/aromatic N) is 1. The second-order valence-electron chi connectivity index (χ2n) is 5.24. The van der Waals surface area contributed by atoms with Crippen LogP contribution in [0, 0.1) is 5.92 Å². The number of hydrogen-bond donors (Lipinski definition) is 1. The summed E-state index contributed by atoms with van der Waals surface area (Å²) in [7, 11) is 1.49. The average Bonchev–Trinajstić information content (AvgIpc) is 3.34. The second-order valence-corrected chi connectivity index (χ2v) is 7.36. The summed E-state index contributed by atoms with van der Waals surface area (Å²) in [5, 5.41) is 5.53. The molecule has 1 N–H and O–H groups in total. The minimum absolute atomic E-state index is 0.106. The number of carbonyl (C=O) groups is 1. The van der Waals surface area contributed by atoms with Crippen LogP contribution in [0.25, 0.3) is 0 Å². The first-order valence-electron chi connectivity index (χ1n) is 6.63. The first-order chi connectivity index (χ1) is 9.24. The summed E-state index contributed by atoms with van der Waals surface area (Å²) in [5.41, 5.74) is -0.508. The monoisotopic (exact) mass is 298 g/mol. The van der Waals surface area contributed by atoms with Crippen molar-refractivity contribution in [2.24, 2.45) is 5.92 Å². The van der Waals surface area contributed by atoms with Crippen LogP contribution in [0.15, 0.2) is 15.9 Å². The number of methoxy groups -OCH3 is 1. The highest BCUT2D eigenvalue weighted by Crippen LogP contribution is 2.44. The Morgan fingerprint density at radius 3 is 2.89 bits per heavy atom. The van der Waals surface area contributed by atoms with Gasteiger partial charge in [0.2, 0.25) is 0 Å². The number of aromatic nitrogens is 1. The molecule has 0 spiro atoms. The molecule has 1 aromatic heterocycles. The van der Waals surface area contributed by atoms with Gasteiger partial charge in [0.05, 0.1) is 7.11 Å². The van der Waals surface area contributed by atoms with Crippen LogP contribution in [0.2, 0.25) is 0 Å². The number of hydrogen-bond acceptors (Lipinski definition) is 6. The van der Waals surface area contributed by atoms with E-state index in [9.17, 15) is 4.79 Å². The summed E-state index contributed by atoms with van der Waals surface area (Å²) in [5.74, 6) is 1.04. The van der Waals surface area contributed by atoms with Gasteiger partial charge in [0, 0.05) is 23.4 Å². The van der Waals surface area contributed by atoms with Crippen molar-refractivity contribution in [1.29, 1.82) is 0 Å². The Morgan fingerprint density at radius 1 is 1.58 bits per heavy atom. The zero-order chi connectivity index (χ0) is 13.3. The Hall–Kier alpha value is -0.590. The number of nitrogens with one attached hydrogen (secondary N) is 1. The highest BCUT2D eigenvalue weighted by Gasteiger charge is 2.53. The van der Waals surface area contributed by atoms with Gasteiger partial charge in [0.1, 0.15) is 9.88 Å². The Bertz CT molecular complexity index is 444. The molecule has 1 unspecified atom stereocenters. The molecule has 19 heavy (non-hydrogen) atoms. The molecular weight excluding hydrogens is 280 g/mol. The van der Waals surface area contributed by atoms with Crippen LogP contribution in [0.5, 0.6) is 0 Å². The Kier molecular flexibility index (Phi) is 3.82. The fraction of sp³-hybridized carbons (Fsp3) is 0.692. The van der Waals surface area contributed by atoms with Gasteiger partial charge in [-0.05, 0) is 31.6 Å². The van der Waals surface area contributed by atoms with Gasteiger partial charge in [-0.1, -0.05) is 11.8 Å². The van der Waals surface area contributed by atoms with E-state index in [1.165, 1.54) is 20.0 Å². The topological polar surface area (TPSA) is 51.2 Å². The van der Waals surface area contributed by atoms with Gasteiger partial charge < -0.3 is 4.74 Å². The van der Waals surface area contributed by atoms with E-state index in [1.54, 1.807) is 29.3 Å². The molecule has 1 aromatic rings. The molecule has 2 aliphatic carbocycles.